The van der Waals surface area contributed by atoms with Crippen LogP contribution in [-0.2, 0) is 6.54 Å². The van der Waals surface area contributed by atoms with Crippen molar-refractivity contribution in [2.45, 2.75) is 19.9 Å². The minimum atomic E-state index is -0.123. The molecule has 0 radical (unpaired) electrons. The molecular weight excluding hydrogens is 330 g/mol. The third-order valence-electron chi connectivity index (χ3n) is 4.11. The quantitative estimate of drug-likeness (QED) is 0.631. The Hall–Kier alpha value is -3.02. The largest absolute Gasteiger partial charge is 0.493 e. The summed E-state index contributed by atoms with van der Waals surface area (Å²) >= 11 is 0. The van der Waals surface area contributed by atoms with Gasteiger partial charge in [-0.25, -0.2) is 4.98 Å². The van der Waals surface area contributed by atoms with Gasteiger partial charge in [-0.3, -0.25) is 4.79 Å². The molecule has 0 atom stereocenters. The van der Waals surface area contributed by atoms with E-state index in [1.807, 2.05) is 37.5 Å². The van der Waals surface area contributed by atoms with Gasteiger partial charge in [-0.05, 0) is 43.7 Å². The maximum atomic E-state index is 12.3. The standard InChI is InChI=1S/C20H23N3O3/c1-3-26-18-10-9-15(13-19(18)25-2)20(24)21-11-6-12-23-14-22-16-7-4-5-8-17(16)23/h4-5,7-10,13-14H,3,6,11-12H2,1-2H3,(H,21,24). The van der Waals surface area contributed by atoms with Crippen molar-refractivity contribution in [3.8, 4) is 11.5 Å². The zero-order chi connectivity index (χ0) is 18.4. The molecule has 0 aliphatic carbocycles. The van der Waals surface area contributed by atoms with Crippen LogP contribution in [0.15, 0.2) is 48.8 Å². The highest BCUT2D eigenvalue weighted by atomic mass is 16.5. The van der Waals surface area contributed by atoms with E-state index in [1.54, 1.807) is 25.3 Å². The smallest absolute Gasteiger partial charge is 0.251 e. The number of imidazole rings is 1. The number of carbonyl (C=O) groups excluding carboxylic acids is 1. The molecule has 1 aromatic heterocycles. The van der Waals surface area contributed by atoms with E-state index in [0.29, 0.717) is 30.2 Å². The zero-order valence-electron chi connectivity index (χ0n) is 15.1. The number of rotatable bonds is 8. The second kappa shape index (κ2) is 8.38. The first-order valence-corrected chi connectivity index (χ1v) is 8.72. The summed E-state index contributed by atoms with van der Waals surface area (Å²) in [6.45, 7) is 3.84. The highest BCUT2D eigenvalue weighted by Crippen LogP contribution is 2.27. The van der Waals surface area contributed by atoms with Gasteiger partial charge in [0.25, 0.3) is 5.91 Å². The van der Waals surface area contributed by atoms with Crippen LogP contribution in [0, 0.1) is 0 Å². The highest BCUT2D eigenvalue weighted by molar-refractivity contribution is 5.94. The molecule has 2 aromatic carbocycles. The number of ether oxygens (including phenoxy) is 2. The molecule has 0 saturated carbocycles. The number of carbonyl (C=O) groups is 1. The summed E-state index contributed by atoms with van der Waals surface area (Å²) < 4.78 is 12.9. The van der Waals surface area contributed by atoms with Crippen LogP contribution in [0.4, 0.5) is 0 Å². The van der Waals surface area contributed by atoms with Crippen molar-refractivity contribution in [3.63, 3.8) is 0 Å². The zero-order valence-corrected chi connectivity index (χ0v) is 15.1. The van der Waals surface area contributed by atoms with E-state index >= 15 is 0 Å². The van der Waals surface area contributed by atoms with Crippen molar-refractivity contribution in [3.05, 3.63) is 54.4 Å². The number of nitrogens with zero attached hydrogens (tertiary/aromatic N) is 2. The molecule has 3 rings (SSSR count). The molecule has 0 saturated heterocycles. The SMILES string of the molecule is CCOc1ccc(C(=O)NCCCn2cnc3ccccc32)cc1OC. The lowest BCUT2D eigenvalue weighted by molar-refractivity contribution is 0.0952. The van der Waals surface area contributed by atoms with Gasteiger partial charge in [0.2, 0.25) is 0 Å². The first kappa shape index (κ1) is 17.8. The summed E-state index contributed by atoms with van der Waals surface area (Å²) in [6.07, 6.45) is 2.66. The number of nitrogens with one attached hydrogen (secondary N) is 1. The Bertz CT molecular complexity index is 889. The Morgan fingerprint density at radius 2 is 2.04 bits per heavy atom. The molecule has 1 N–H and O–H groups in total. The van der Waals surface area contributed by atoms with Crippen LogP contribution in [0.25, 0.3) is 11.0 Å². The van der Waals surface area contributed by atoms with Crippen molar-refractivity contribution >= 4 is 16.9 Å². The number of hydrogen-bond acceptors (Lipinski definition) is 4. The van der Waals surface area contributed by atoms with Crippen LogP contribution in [0.1, 0.15) is 23.7 Å². The van der Waals surface area contributed by atoms with Crippen LogP contribution >= 0.6 is 0 Å². The van der Waals surface area contributed by atoms with Crippen molar-refractivity contribution in [2.75, 3.05) is 20.3 Å². The Kier molecular flexibility index (Phi) is 5.73. The summed E-state index contributed by atoms with van der Waals surface area (Å²) in [5.74, 6) is 1.07. The predicted molar refractivity (Wildman–Crippen MR) is 101 cm³/mol. The normalized spacial score (nSPS) is 10.7. The van der Waals surface area contributed by atoms with E-state index < -0.39 is 0 Å². The first-order chi connectivity index (χ1) is 12.7. The number of aromatic nitrogens is 2. The van der Waals surface area contributed by atoms with E-state index in [1.165, 1.54) is 0 Å². The lowest BCUT2D eigenvalue weighted by atomic mass is 10.2. The summed E-state index contributed by atoms with van der Waals surface area (Å²) in [5.41, 5.74) is 2.64. The second-order valence-electron chi connectivity index (χ2n) is 5.83. The fraction of sp³-hybridized carbons (Fsp3) is 0.300. The highest BCUT2D eigenvalue weighted by Gasteiger charge is 2.10. The summed E-state index contributed by atoms with van der Waals surface area (Å²) in [4.78, 5) is 16.7. The number of amides is 1. The Morgan fingerprint density at radius 3 is 2.85 bits per heavy atom. The van der Waals surface area contributed by atoms with Gasteiger partial charge < -0.3 is 19.4 Å². The van der Waals surface area contributed by atoms with E-state index in [4.69, 9.17) is 9.47 Å². The van der Waals surface area contributed by atoms with Crippen LogP contribution in [0.3, 0.4) is 0 Å². The molecule has 136 valence electrons. The van der Waals surface area contributed by atoms with E-state index in [2.05, 4.69) is 14.9 Å². The molecule has 26 heavy (non-hydrogen) atoms. The maximum Gasteiger partial charge on any atom is 0.251 e. The second-order valence-corrected chi connectivity index (χ2v) is 5.83. The topological polar surface area (TPSA) is 65.4 Å². The van der Waals surface area contributed by atoms with E-state index in [0.717, 1.165) is 24.0 Å². The molecule has 3 aromatic rings. The van der Waals surface area contributed by atoms with E-state index in [-0.39, 0.29) is 5.91 Å². The van der Waals surface area contributed by atoms with Gasteiger partial charge >= 0.3 is 0 Å². The van der Waals surface area contributed by atoms with Crippen molar-refractivity contribution in [2.24, 2.45) is 0 Å². The average molecular weight is 353 g/mol. The Balaban J connectivity index is 1.54. The van der Waals surface area contributed by atoms with E-state index in [9.17, 15) is 4.79 Å². The number of fused-ring (bicyclic) bond motifs is 1. The fourth-order valence-corrected chi connectivity index (χ4v) is 2.83. The molecular formula is C20H23N3O3. The maximum absolute atomic E-state index is 12.3. The molecule has 1 heterocycles. The van der Waals surface area contributed by atoms with Crippen molar-refractivity contribution in [1.29, 1.82) is 0 Å². The molecule has 0 fully saturated rings. The monoisotopic (exact) mass is 353 g/mol. The van der Waals surface area contributed by atoms with Crippen LogP contribution in [0.2, 0.25) is 0 Å². The Morgan fingerprint density at radius 1 is 1.19 bits per heavy atom. The lowest BCUT2D eigenvalue weighted by Gasteiger charge is -2.11. The first-order valence-electron chi connectivity index (χ1n) is 8.72. The molecule has 0 aliphatic heterocycles. The summed E-state index contributed by atoms with van der Waals surface area (Å²) in [5, 5.41) is 2.94. The van der Waals surface area contributed by atoms with Crippen LogP contribution in [-0.4, -0.2) is 35.7 Å². The minimum Gasteiger partial charge on any atom is -0.493 e. The number of para-hydroxylation sites is 2. The van der Waals surface area contributed by atoms with Crippen LogP contribution < -0.4 is 14.8 Å². The third kappa shape index (κ3) is 3.96. The predicted octanol–water partition coefficient (Wildman–Crippen LogP) is 3.26. The molecule has 0 spiro atoms. The molecule has 0 bridgehead atoms. The minimum absolute atomic E-state index is 0.123. The summed E-state index contributed by atoms with van der Waals surface area (Å²) in [6, 6.07) is 13.2. The average Bonchev–Trinajstić information content (AvgIpc) is 3.09. The van der Waals surface area contributed by atoms with Crippen molar-refractivity contribution < 1.29 is 14.3 Å². The molecule has 6 heteroatoms. The third-order valence-corrected chi connectivity index (χ3v) is 4.11. The summed E-state index contributed by atoms with van der Waals surface area (Å²) in [7, 11) is 1.56. The van der Waals surface area contributed by atoms with Gasteiger partial charge in [0.05, 0.1) is 31.1 Å². The van der Waals surface area contributed by atoms with Gasteiger partial charge in [0.15, 0.2) is 11.5 Å². The van der Waals surface area contributed by atoms with Gasteiger partial charge in [0.1, 0.15) is 0 Å². The van der Waals surface area contributed by atoms with Gasteiger partial charge in [-0.15, -0.1) is 0 Å². The van der Waals surface area contributed by atoms with Gasteiger partial charge in [-0.1, -0.05) is 12.1 Å². The van der Waals surface area contributed by atoms with Gasteiger partial charge in [-0.2, -0.15) is 0 Å². The number of benzene rings is 2. The molecule has 6 nitrogen and oxygen atoms in total. The lowest BCUT2D eigenvalue weighted by Crippen LogP contribution is -2.25. The number of hydrogen-bond donors (Lipinski definition) is 1. The van der Waals surface area contributed by atoms with Gasteiger partial charge in [0, 0.05) is 18.7 Å². The Labute approximate surface area is 152 Å². The van der Waals surface area contributed by atoms with Crippen molar-refractivity contribution in [1.82, 2.24) is 14.9 Å². The number of aryl methyl sites for hydroxylation is 1. The number of methoxy groups -OCH3 is 1. The van der Waals surface area contributed by atoms with Crippen LogP contribution in [0.5, 0.6) is 11.5 Å². The molecule has 0 aliphatic rings. The fourth-order valence-electron chi connectivity index (χ4n) is 2.83. The molecule has 1 amide bonds. The molecule has 0 unspecified atom stereocenters.